The monoisotopic (exact) mass is 313 g/mol. The van der Waals surface area contributed by atoms with E-state index in [4.69, 9.17) is 0 Å². The molecule has 1 heterocycles. The molecule has 1 saturated heterocycles. The maximum atomic E-state index is 13.0. The van der Waals surface area contributed by atoms with Crippen LogP contribution < -0.4 is 5.32 Å². The Morgan fingerprint density at radius 1 is 1.33 bits per heavy atom. The van der Waals surface area contributed by atoms with Crippen molar-refractivity contribution in [3.63, 3.8) is 0 Å². The number of rotatable bonds is 3. The van der Waals surface area contributed by atoms with Crippen molar-refractivity contribution in [3.05, 3.63) is 29.6 Å². The molecule has 1 aliphatic rings. The van der Waals surface area contributed by atoms with Crippen molar-refractivity contribution in [2.24, 2.45) is 0 Å². The van der Waals surface area contributed by atoms with E-state index in [1.807, 2.05) is 0 Å². The van der Waals surface area contributed by atoms with Crippen LogP contribution in [0, 0.1) is 5.82 Å². The summed E-state index contributed by atoms with van der Waals surface area (Å²) in [4.78, 5) is 10.7. The quantitative estimate of drug-likeness (QED) is 0.688. The first kappa shape index (κ1) is 15.5. The Bertz CT molecular complexity index is 557. The van der Waals surface area contributed by atoms with E-state index in [0.29, 0.717) is 12.1 Å². The van der Waals surface area contributed by atoms with Gasteiger partial charge in [0, 0.05) is 5.69 Å². The Hall–Kier alpha value is -1.93. The van der Waals surface area contributed by atoms with Gasteiger partial charge in [0.25, 0.3) is 0 Å². The number of cyclic esters (lactones) is 1. The van der Waals surface area contributed by atoms with Gasteiger partial charge in [-0.15, -0.1) is 0 Å². The van der Waals surface area contributed by atoms with Crippen molar-refractivity contribution >= 4 is 11.7 Å². The highest BCUT2D eigenvalue weighted by Gasteiger charge is 2.50. The van der Waals surface area contributed by atoms with Crippen molar-refractivity contribution < 1.29 is 35.9 Å². The summed E-state index contributed by atoms with van der Waals surface area (Å²) in [6.45, 7) is -0.301. The largest absolute Gasteiger partial charge is 0.456 e. The molecule has 0 amide bonds. The van der Waals surface area contributed by atoms with E-state index < -0.39 is 42.0 Å². The molecule has 3 nitrogen and oxygen atoms in total. The van der Waals surface area contributed by atoms with Crippen molar-refractivity contribution in [3.8, 4) is 0 Å². The highest BCUT2D eigenvalue weighted by molar-refractivity contribution is 5.79. The van der Waals surface area contributed by atoms with Crippen LogP contribution >= 0.6 is 0 Å². The first-order valence-corrected chi connectivity index (χ1v) is 5.79. The minimum Gasteiger partial charge on any atom is -0.456 e. The normalized spacial score (nSPS) is 21.2. The minimum absolute atomic E-state index is 0.116. The standard InChI is InChI=1S/C12H9F6NO2/c13-9-2-1-6(3-8(9)12(16,17)18)19-5-7-4-11(14,15)10(20)21-7/h1-3,7,19H,4-5H2. The SMILES string of the molecule is O=C1OC(CNc2ccc(F)c(C(F)(F)F)c2)CC1(F)F. The van der Waals surface area contributed by atoms with E-state index in [1.54, 1.807) is 0 Å². The first-order valence-electron chi connectivity index (χ1n) is 5.79. The van der Waals surface area contributed by atoms with E-state index in [0.717, 1.165) is 6.07 Å². The lowest BCUT2D eigenvalue weighted by atomic mass is 10.1. The van der Waals surface area contributed by atoms with E-state index in [9.17, 15) is 31.1 Å². The van der Waals surface area contributed by atoms with Crippen LogP contribution in [-0.4, -0.2) is 24.5 Å². The van der Waals surface area contributed by atoms with Crippen LogP contribution in [0.1, 0.15) is 12.0 Å². The maximum Gasteiger partial charge on any atom is 0.419 e. The average molecular weight is 313 g/mol. The zero-order valence-corrected chi connectivity index (χ0v) is 10.3. The number of nitrogens with one attached hydrogen (secondary N) is 1. The van der Waals surface area contributed by atoms with E-state index in [-0.39, 0.29) is 12.2 Å². The Labute approximate surface area is 114 Å². The predicted octanol–water partition coefficient (Wildman–Crippen LogP) is 3.21. The molecule has 116 valence electrons. The average Bonchev–Trinajstić information content (AvgIpc) is 2.60. The summed E-state index contributed by atoms with van der Waals surface area (Å²) in [6, 6.07) is 2.16. The smallest absolute Gasteiger partial charge is 0.419 e. The van der Waals surface area contributed by atoms with Gasteiger partial charge in [0.05, 0.1) is 18.5 Å². The summed E-state index contributed by atoms with van der Waals surface area (Å²) in [6.07, 6.45) is -6.88. The molecule has 1 atom stereocenters. The Kier molecular flexibility index (Phi) is 3.77. The number of esters is 1. The molecular formula is C12H9F6NO2. The summed E-state index contributed by atoms with van der Waals surface area (Å²) in [5.41, 5.74) is -1.59. The van der Waals surface area contributed by atoms with Gasteiger partial charge in [0.1, 0.15) is 11.9 Å². The third-order valence-electron chi connectivity index (χ3n) is 2.86. The number of carbonyl (C=O) groups excluding carboxylic acids is 1. The third kappa shape index (κ3) is 3.40. The van der Waals surface area contributed by atoms with Gasteiger partial charge in [-0.2, -0.15) is 22.0 Å². The number of ether oxygens (including phenoxy) is 1. The number of carbonyl (C=O) groups is 1. The van der Waals surface area contributed by atoms with E-state index in [2.05, 4.69) is 10.1 Å². The zero-order valence-electron chi connectivity index (χ0n) is 10.3. The second-order valence-corrected chi connectivity index (χ2v) is 4.51. The van der Waals surface area contributed by atoms with Gasteiger partial charge in [-0.25, -0.2) is 9.18 Å². The van der Waals surface area contributed by atoms with Crippen LogP contribution in [0.15, 0.2) is 18.2 Å². The minimum atomic E-state index is -4.87. The number of benzene rings is 1. The second-order valence-electron chi connectivity index (χ2n) is 4.51. The summed E-state index contributed by atoms with van der Waals surface area (Å²) in [5.74, 6) is -6.69. The number of alkyl halides is 5. The first-order chi connectivity index (χ1) is 9.59. The van der Waals surface area contributed by atoms with Gasteiger partial charge in [-0.05, 0) is 18.2 Å². The Morgan fingerprint density at radius 3 is 2.52 bits per heavy atom. The van der Waals surface area contributed by atoms with Crippen LogP contribution in [0.5, 0.6) is 0 Å². The predicted molar refractivity (Wildman–Crippen MR) is 59.3 cm³/mol. The number of anilines is 1. The Balaban J connectivity index is 2.04. The van der Waals surface area contributed by atoms with Crippen LogP contribution in [0.2, 0.25) is 0 Å². The lowest BCUT2D eigenvalue weighted by Crippen LogP contribution is -2.22. The molecule has 0 spiro atoms. The van der Waals surface area contributed by atoms with Crippen LogP contribution in [0.4, 0.5) is 32.0 Å². The lowest BCUT2D eigenvalue weighted by molar-refractivity contribution is -0.158. The molecule has 0 radical (unpaired) electrons. The fourth-order valence-electron chi connectivity index (χ4n) is 1.85. The number of hydrogen-bond donors (Lipinski definition) is 1. The fraction of sp³-hybridized carbons (Fsp3) is 0.417. The molecule has 21 heavy (non-hydrogen) atoms. The maximum absolute atomic E-state index is 13.0. The van der Waals surface area contributed by atoms with Crippen LogP contribution in [-0.2, 0) is 15.7 Å². The number of halogens is 6. The molecular weight excluding hydrogens is 304 g/mol. The van der Waals surface area contributed by atoms with Gasteiger partial charge in [-0.3, -0.25) is 0 Å². The second kappa shape index (κ2) is 5.12. The molecule has 1 aromatic rings. The molecule has 9 heteroatoms. The topological polar surface area (TPSA) is 38.3 Å². The van der Waals surface area contributed by atoms with E-state index >= 15 is 0 Å². The molecule has 1 aliphatic heterocycles. The molecule has 1 unspecified atom stereocenters. The molecule has 0 bridgehead atoms. The summed E-state index contributed by atoms with van der Waals surface area (Å²) in [5, 5.41) is 2.41. The van der Waals surface area contributed by atoms with Crippen LogP contribution in [0.25, 0.3) is 0 Å². The Morgan fingerprint density at radius 2 is 2.00 bits per heavy atom. The van der Waals surface area contributed by atoms with Crippen molar-refractivity contribution in [2.45, 2.75) is 24.6 Å². The molecule has 1 N–H and O–H groups in total. The van der Waals surface area contributed by atoms with Crippen molar-refractivity contribution in [1.82, 2.24) is 0 Å². The van der Waals surface area contributed by atoms with Crippen molar-refractivity contribution in [2.75, 3.05) is 11.9 Å². The molecule has 0 aromatic heterocycles. The summed E-state index contributed by atoms with van der Waals surface area (Å²) in [7, 11) is 0. The highest BCUT2D eigenvalue weighted by atomic mass is 19.4. The molecule has 0 aliphatic carbocycles. The van der Waals surface area contributed by atoms with Gasteiger partial charge >= 0.3 is 18.1 Å². The van der Waals surface area contributed by atoms with Gasteiger partial charge in [-0.1, -0.05) is 0 Å². The zero-order chi connectivity index (χ0) is 15.8. The van der Waals surface area contributed by atoms with Crippen LogP contribution in [0.3, 0.4) is 0 Å². The fourth-order valence-corrected chi connectivity index (χ4v) is 1.85. The summed E-state index contributed by atoms with van der Waals surface area (Å²) < 4.78 is 80.6. The van der Waals surface area contributed by atoms with Gasteiger partial charge < -0.3 is 10.1 Å². The molecule has 1 fully saturated rings. The molecule has 1 aromatic carbocycles. The van der Waals surface area contributed by atoms with Gasteiger partial charge in [0.2, 0.25) is 0 Å². The highest BCUT2D eigenvalue weighted by Crippen LogP contribution is 2.34. The van der Waals surface area contributed by atoms with Gasteiger partial charge in [0.15, 0.2) is 0 Å². The summed E-state index contributed by atoms with van der Waals surface area (Å²) >= 11 is 0. The number of hydrogen-bond acceptors (Lipinski definition) is 3. The molecule has 0 saturated carbocycles. The van der Waals surface area contributed by atoms with E-state index in [1.165, 1.54) is 0 Å². The third-order valence-corrected chi connectivity index (χ3v) is 2.86. The lowest BCUT2D eigenvalue weighted by Gasteiger charge is -2.13. The molecule has 2 rings (SSSR count). The van der Waals surface area contributed by atoms with Crippen molar-refractivity contribution in [1.29, 1.82) is 0 Å².